The van der Waals surface area contributed by atoms with Crippen molar-refractivity contribution < 1.29 is 0 Å². The third-order valence-electron chi connectivity index (χ3n) is 8.90. The van der Waals surface area contributed by atoms with Gasteiger partial charge in [0, 0.05) is 12.4 Å². The summed E-state index contributed by atoms with van der Waals surface area (Å²) in [6.45, 7) is 4.53. The van der Waals surface area contributed by atoms with Crippen molar-refractivity contribution in [3.8, 4) is 0 Å². The molecule has 0 N–H and O–H groups in total. The normalized spacial score (nSPS) is 11.9. The number of pyridine rings is 2. The Hall–Kier alpha value is -2.62. The quantitative estimate of drug-likeness (QED) is 0.104. The molecule has 0 spiro atoms. The summed E-state index contributed by atoms with van der Waals surface area (Å²) < 4.78 is 3.59. The number of nitrogens with zero attached hydrogens (tertiary/aromatic N) is 2. The fourth-order valence-electron chi connectivity index (χ4n) is 6.61. The lowest BCUT2D eigenvalue weighted by atomic mass is 9.95. The van der Waals surface area contributed by atoms with Crippen LogP contribution in [0.5, 0.6) is 0 Å². The zero-order chi connectivity index (χ0) is 28.2. The molecule has 0 bridgehead atoms. The van der Waals surface area contributed by atoms with Crippen LogP contribution in [0.3, 0.4) is 0 Å². The summed E-state index contributed by atoms with van der Waals surface area (Å²) in [5.41, 5.74) is 3.90. The fraction of sp³-hybridized carbons (Fsp3) is 0.611. The molecule has 4 aromatic heterocycles. The Labute approximate surface area is 241 Å². The summed E-state index contributed by atoms with van der Waals surface area (Å²) >= 11 is 0. The predicted octanol–water partition coefficient (Wildman–Crippen LogP) is 9.65. The van der Waals surface area contributed by atoms with Crippen molar-refractivity contribution >= 4 is 21.8 Å². The molecule has 0 fully saturated rings. The van der Waals surface area contributed by atoms with Crippen molar-refractivity contribution in [2.45, 2.75) is 142 Å². The third kappa shape index (κ3) is 7.36. The van der Waals surface area contributed by atoms with E-state index in [4.69, 9.17) is 0 Å². The van der Waals surface area contributed by atoms with E-state index < -0.39 is 0 Å². The highest BCUT2D eigenvalue weighted by Crippen LogP contribution is 2.27. The maximum absolute atomic E-state index is 13.8. The summed E-state index contributed by atoms with van der Waals surface area (Å²) in [7, 11) is 0. The van der Waals surface area contributed by atoms with Crippen LogP contribution in [0.4, 0.5) is 0 Å². The first-order valence-corrected chi connectivity index (χ1v) is 16.6. The Balaban J connectivity index is 1.51. The van der Waals surface area contributed by atoms with Crippen molar-refractivity contribution in [3.63, 3.8) is 0 Å². The summed E-state index contributed by atoms with van der Waals surface area (Å²) in [5.74, 6) is 0. The highest BCUT2D eigenvalue weighted by molar-refractivity contribution is 5.95. The van der Waals surface area contributed by atoms with E-state index in [1.54, 1.807) is 8.80 Å². The Morgan fingerprint density at radius 3 is 1.15 bits per heavy atom. The number of hydrogen-bond donors (Lipinski definition) is 0. The number of hydrogen-bond acceptors (Lipinski definition) is 2. The Bertz CT molecular complexity index is 1320. The molecule has 4 heteroatoms. The van der Waals surface area contributed by atoms with Gasteiger partial charge < -0.3 is 0 Å². The van der Waals surface area contributed by atoms with Crippen LogP contribution >= 0.6 is 0 Å². The minimum atomic E-state index is -0.0300. The standard InChI is InChI=1S/C36H52N2O2/c1-3-5-7-9-11-13-15-17-19-23-29-31-25-21-27-37(31)36(40)34-30(24-20-18-16-14-12-10-8-6-4-2)32-26-22-28-38(32)35(39)33(29)34/h21-22,25-28H,3-20,23-24H2,1-2H3. The lowest BCUT2D eigenvalue weighted by Crippen LogP contribution is -2.23. The molecule has 0 amide bonds. The van der Waals surface area contributed by atoms with Gasteiger partial charge in [-0.05, 0) is 61.1 Å². The fourth-order valence-corrected chi connectivity index (χ4v) is 6.61. The van der Waals surface area contributed by atoms with Crippen molar-refractivity contribution in [2.24, 2.45) is 0 Å². The molecule has 0 aromatic carbocycles. The van der Waals surface area contributed by atoms with Crippen LogP contribution in [-0.2, 0) is 12.8 Å². The zero-order valence-corrected chi connectivity index (χ0v) is 25.3. The van der Waals surface area contributed by atoms with Crippen LogP contribution in [-0.4, -0.2) is 8.80 Å². The van der Waals surface area contributed by atoms with Gasteiger partial charge in [-0.1, -0.05) is 117 Å². The molecule has 0 unspecified atom stereocenters. The molecule has 0 saturated carbocycles. The Morgan fingerprint density at radius 2 is 0.800 bits per heavy atom. The average Bonchev–Trinajstić information content (AvgIpc) is 3.65. The van der Waals surface area contributed by atoms with Crippen molar-refractivity contribution in [1.82, 2.24) is 8.80 Å². The van der Waals surface area contributed by atoms with E-state index in [1.807, 2.05) is 36.7 Å². The first kappa shape index (κ1) is 30.3. The highest BCUT2D eigenvalue weighted by atomic mass is 16.1. The van der Waals surface area contributed by atoms with E-state index >= 15 is 0 Å². The van der Waals surface area contributed by atoms with Gasteiger partial charge in [-0.3, -0.25) is 18.4 Å². The van der Waals surface area contributed by atoms with Crippen LogP contribution in [0.2, 0.25) is 0 Å². The number of rotatable bonds is 20. The Kier molecular flexibility index (Phi) is 12.1. The smallest absolute Gasteiger partial charge is 0.263 e. The Morgan fingerprint density at radius 1 is 0.475 bits per heavy atom. The topological polar surface area (TPSA) is 43.0 Å². The van der Waals surface area contributed by atoms with E-state index in [0.29, 0.717) is 10.8 Å². The van der Waals surface area contributed by atoms with Crippen molar-refractivity contribution in [3.05, 3.63) is 68.5 Å². The number of unbranched alkanes of at least 4 members (excludes halogenated alkanes) is 16. The van der Waals surface area contributed by atoms with Gasteiger partial charge >= 0.3 is 0 Å². The van der Waals surface area contributed by atoms with E-state index in [2.05, 4.69) is 13.8 Å². The minimum absolute atomic E-state index is 0.0300. The second-order valence-corrected chi connectivity index (χ2v) is 12.0. The van der Waals surface area contributed by atoms with Crippen LogP contribution in [0.1, 0.15) is 141 Å². The number of aromatic nitrogens is 2. The van der Waals surface area contributed by atoms with E-state index in [1.165, 1.54) is 103 Å². The zero-order valence-electron chi connectivity index (χ0n) is 25.3. The highest BCUT2D eigenvalue weighted by Gasteiger charge is 2.21. The van der Waals surface area contributed by atoms with E-state index in [-0.39, 0.29) is 11.1 Å². The number of fused-ring (bicyclic) bond motifs is 3. The van der Waals surface area contributed by atoms with Gasteiger partial charge in [-0.2, -0.15) is 0 Å². The van der Waals surface area contributed by atoms with Crippen molar-refractivity contribution in [2.75, 3.05) is 0 Å². The van der Waals surface area contributed by atoms with Gasteiger partial charge in [0.05, 0.1) is 21.8 Å². The van der Waals surface area contributed by atoms with E-state index in [9.17, 15) is 9.59 Å². The second-order valence-electron chi connectivity index (χ2n) is 12.0. The molecule has 218 valence electrons. The molecule has 0 saturated heterocycles. The van der Waals surface area contributed by atoms with Gasteiger partial charge in [0.25, 0.3) is 11.1 Å². The first-order valence-electron chi connectivity index (χ1n) is 16.6. The largest absolute Gasteiger partial charge is 0.283 e. The lowest BCUT2D eigenvalue weighted by molar-refractivity contribution is 0.565. The van der Waals surface area contributed by atoms with E-state index in [0.717, 1.165) is 47.8 Å². The molecule has 0 atom stereocenters. The average molecular weight is 545 g/mol. The SMILES string of the molecule is CCCCCCCCCCCc1c2c(=O)n3cccc3c(CCCCCCCCCCC)c2c(=O)n2cccc12. The van der Waals surface area contributed by atoms with Crippen molar-refractivity contribution in [1.29, 1.82) is 0 Å². The molecule has 4 heterocycles. The van der Waals surface area contributed by atoms with Gasteiger partial charge in [0.1, 0.15) is 0 Å². The number of aryl methyl sites for hydroxylation is 2. The van der Waals surface area contributed by atoms with Gasteiger partial charge in [-0.15, -0.1) is 0 Å². The maximum atomic E-state index is 13.8. The maximum Gasteiger partial charge on any atom is 0.263 e. The molecule has 4 aromatic rings. The molecule has 4 rings (SSSR count). The second kappa shape index (κ2) is 16.0. The molecule has 40 heavy (non-hydrogen) atoms. The molecule has 0 aliphatic carbocycles. The summed E-state index contributed by atoms with van der Waals surface area (Å²) in [4.78, 5) is 27.7. The third-order valence-corrected chi connectivity index (χ3v) is 8.90. The predicted molar refractivity (Wildman–Crippen MR) is 171 cm³/mol. The molecular formula is C36H52N2O2. The monoisotopic (exact) mass is 544 g/mol. The van der Waals surface area contributed by atoms with Crippen LogP contribution < -0.4 is 11.1 Å². The molecule has 4 nitrogen and oxygen atoms in total. The van der Waals surface area contributed by atoms with Gasteiger partial charge in [-0.25, -0.2) is 0 Å². The molecule has 0 aliphatic rings. The summed E-state index contributed by atoms with van der Waals surface area (Å²) in [5, 5.41) is 1.34. The van der Waals surface area contributed by atoms with Gasteiger partial charge in [0.15, 0.2) is 0 Å². The summed E-state index contributed by atoms with van der Waals surface area (Å²) in [6, 6.07) is 7.94. The minimum Gasteiger partial charge on any atom is -0.283 e. The first-order chi connectivity index (χ1) is 19.7. The molecule has 0 aliphatic heterocycles. The molecular weight excluding hydrogens is 492 g/mol. The van der Waals surface area contributed by atoms with Gasteiger partial charge in [0.2, 0.25) is 0 Å². The lowest BCUT2D eigenvalue weighted by Gasteiger charge is -2.14. The summed E-state index contributed by atoms with van der Waals surface area (Å²) in [6.07, 6.45) is 28.4. The van der Waals surface area contributed by atoms with Crippen LogP contribution in [0.15, 0.2) is 46.2 Å². The molecule has 0 radical (unpaired) electrons. The van der Waals surface area contributed by atoms with Crippen LogP contribution in [0, 0.1) is 0 Å². The van der Waals surface area contributed by atoms with Crippen LogP contribution in [0.25, 0.3) is 21.8 Å².